The Labute approximate surface area is 108 Å². The van der Waals surface area contributed by atoms with Gasteiger partial charge in [-0.2, -0.15) is 0 Å². The molecule has 0 heterocycles. The highest BCUT2D eigenvalue weighted by Gasteiger charge is 2.30. The Morgan fingerprint density at radius 1 is 1.24 bits per heavy atom. The van der Waals surface area contributed by atoms with Gasteiger partial charge in [-0.05, 0) is 58.8 Å². The Kier molecular flexibility index (Phi) is 4.47. The van der Waals surface area contributed by atoms with Crippen LogP contribution in [0, 0.1) is 11.3 Å². The van der Waals surface area contributed by atoms with Crippen molar-refractivity contribution in [2.45, 2.75) is 79.4 Å². The first kappa shape index (κ1) is 12.9. The number of rotatable bonds is 3. The molecule has 1 fully saturated rings. The minimum absolute atomic E-state index is 0.0969. The maximum atomic E-state index is 8.69. The summed E-state index contributed by atoms with van der Waals surface area (Å²) >= 11 is 0. The van der Waals surface area contributed by atoms with Gasteiger partial charge in [-0.15, -0.1) is 0 Å². The van der Waals surface area contributed by atoms with Gasteiger partial charge in [0.1, 0.15) is 0 Å². The molecule has 1 rings (SSSR count). The van der Waals surface area contributed by atoms with Crippen molar-refractivity contribution in [1.29, 1.82) is 0 Å². The van der Waals surface area contributed by atoms with Crippen LogP contribution in [0.25, 0.3) is 0 Å². The normalized spacial score (nSPS) is 24.9. The van der Waals surface area contributed by atoms with Crippen molar-refractivity contribution in [2.24, 2.45) is 16.3 Å². The molecule has 0 aromatic heterocycles. The van der Waals surface area contributed by atoms with E-state index in [0.717, 1.165) is 25.7 Å². The van der Waals surface area contributed by atoms with Crippen molar-refractivity contribution in [1.82, 2.24) is 0 Å². The largest absolute Gasteiger partial charge is 0.478 e. The van der Waals surface area contributed by atoms with Crippen molar-refractivity contribution >= 4 is 5.90 Å². The van der Waals surface area contributed by atoms with E-state index >= 15 is 0 Å². The second-order valence-electron chi connectivity index (χ2n) is 6.46. The van der Waals surface area contributed by atoms with Crippen LogP contribution in [0.5, 0.6) is 0 Å². The van der Waals surface area contributed by atoms with E-state index in [9.17, 15) is 0 Å². The van der Waals surface area contributed by atoms with Crippen LogP contribution >= 0.6 is 0 Å². The lowest BCUT2D eigenvalue weighted by atomic mass is 9.73. The molecule has 0 aromatic carbocycles. The first-order valence-electron chi connectivity index (χ1n) is 7.40. The zero-order chi connectivity index (χ0) is 14.0. The summed E-state index contributed by atoms with van der Waals surface area (Å²) < 4.78 is 14.5. The molecular weight excluding hydrogens is 210 g/mol. The van der Waals surface area contributed by atoms with Crippen molar-refractivity contribution < 1.29 is 6.11 Å². The Morgan fingerprint density at radius 2 is 1.76 bits per heavy atom. The maximum Gasteiger partial charge on any atom is 0.186 e. The SMILES string of the molecule is [2H]C1(C(=NC(C)C)OC(C)C)CCC(C)(C)CC1. The Bertz CT molecular complexity index is 298. The lowest BCUT2D eigenvalue weighted by molar-refractivity contribution is 0.169. The summed E-state index contributed by atoms with van der Waals surface area (Å²) in [5.41, 5.74) is 0.366. The summed E-state index contributed by atoms with van der Waals surface area (Å²) in [6, 6.07) is 0.191. The van der Waals surface area contributed by atoms with Crippen LogP contribution < -0.4 is 0 Å². The number of ether oxygens (including phenoxy) is 1. The molecule has 0 N–H and O–H groups in total. The average molecular weight is 240 g/mol. The average Bonchev–Trinajstić information content (AvgIpc) is 2.21. The van der Waals surface area contributed by atoms with E-state index < -0.39 is 5.89 Å². The molecule has 1 aliphatic carbocycles. The molecule has 1 saturated carbocycles. The zero-order valence-corrected chi connectivity index (χ0v) is 12.3. The molecule has 0 spiro atoms. The van der Waals surface area contributed by atoms with E-state index in [-0.39, 0.29) is 12.1 Å². The molecule has 0 radical (unpaired) electrons. The van der Waals surface area contributed by atoms with E-state index in [4.69, 9.17) is 6.11 Å². The van der Waals surface area contributed by atoms with Gasteiger partial charge in [-0.1, -0.05) is 13.8 Å². The maximum absolute atomic E-state index is 8.69. The number of nitrogens with zero attached hydrogens (tertiary/aromatic N) is 1. The lowest BCUT2D eigenvalue weighted by Crippen LogP contribution is -2.29. The number of hydrogen-bond donors (Lipinski definition) is 0. The predicted octanol–water partition coefficient (Wildman–Crippen LogP) is 4.43. The van der Waals surface area contributed by atoms with Gasteiger partial charge in [0.05, 0.1) is 6.10 Å². The third-order valence-corrected chi connectivity index (χ3v) is 3.23. The quantitative estimate of drug-likeness (QED) is 0.528. The van der Waals surface area contributed by atoms with E-state index in [1.165, 1.54) is 0 Å². The van der Waals surface area contributed by atoms with Crippen molar-refractivity contribution in [2.75, 3.05) is 0 Å². The topological polar surface area (TPSA) is 21.6 Å². The number of aliphatic imine (C=N–C) groups is 1. The van der Waals surface area contributed by atoms with Crippen LogP contribution in [0.3, 0.4) is 0 Å². The summed E-state index contributed by atoms with van der Waals surface area (Å²) in [5, 5.41) is 0. The van der Waals surface area contributed by atoms with Gasteiger partial charge in [0.15, 0.2) is 5.90 Å². The summed E-state index contributed by atoms with van der Waals surface area (Å²) in [6.45, 7) is 12.7. The van der Waals surface area contributed by atoms with E-state index in [2.05, 4.69) is 18.8 Å². The minimum Gasteiger partial charge on any atom is -0.478 e. The molecular formula is C15H29NO. The van der Waals surface area contributed by atoms with E-state index in [1.54, 1.807) is 0 Å². The molecule has 100 valence electrons. The molecule has 0 amide bonds. The van der Waals surface area contributed by atoms with E-state index in [1.807, 2.05) is 27.7 Å². The van der Waals surface area contributed by atoms with Gasteiger partial charge in [0.25, 0.3) is 0 Å². The standard InChI is InChI=1S/C15H29NO/c1-11(2)16-14(17-12(3)4)13-7-9-15(5,6)10-8-13/h11-13H,7-10H2,1-6H3/i13D. The van der Waals surface area contributed by atoms with Gasteiger partial charge in [0, 0.05) is 13.3 Å². The van der Waals surface area contributed by atoms with Gasteiger partial charge < -0.3 is 4.74 Å². The van der Waals surface area contributed by atoms with Gasteiger partial charge in [-0.25, -0.2) is 0 Å². The molecule has 2 nitrogen and oxygen atoms in total. The highest BCUT2D eigenvalue weighted by atomic mass is 16.5. The lowest BCUT2D eigenvalue weighted by Gasteiger charge is -2.35. The fourth-order valence-electron chi connectivity index (χ4n) is 2.11. The smallest absolute Gasteiger partial charge is 0.186 e. The first-order chi connectivity index (χ1) is 8.15. The van der Waals surface area contributed by atoms with Gasteiger partial charge in [-0.3, -0.25) is 4.99 Å². The van der Waals surface area contributed by atoms with E-state index in [0.29, 0.717) is 11.3 Å². The Balaban J connectivity index is 2.85. The molecule has 0 aromatic rings. The molecule has 0 bridgehead atoms. The Hall–Kier alpha value is -0.530. The summed E-state index contributed by atoms with van der Waals surface area (Å²) in [7, 11) is 0. The second kappa shape index (κ2) is 5.88. The molecule has 0 unspecified atom stereocenters. The van der Waals surface area contributed by atoms with Crippen LogP contribution in [-0.2, 0) is 4.74 Å². The zero-order valence-electron chi connectivity index (χ0n) is 13.3. The highest BCUT2D eigenvalue weighted by molar-refractivity contribution is 5.79. The minimum atomic E-state index is -0.607. The van der Waals surface area contributed by atoms with Gasteiger partial charge in [0.2, 0.25) is 0 Å². The molecule has 2 heteroatoms. The van der Waals surface area contributed by atoms with Crippen LogP contribution in [-0.4, -0.2) is 18.0 Å². The van der Waals surface area contributed by atoms with Crippen LogP contribution in [0.4, 0.5) is 0 Å². The molecule has 1 aliphatic rings. The van der Waals surface area contributed by atoms with Gasteiger partial charge >= 0.3 is 0 Å². The highest BCUT2D eigenvalue weighted by Crippen LogP contribution is 2.38. The van der Waals surface area contributed by atoms with Crippen molar-refractivity contribution in [3.8, 4) is 0 Å². The second-order valence-corrected chi connectivity index (χ2v) is 6.46. The van der Waals surface area contributed by atoms with Crippen LogP contribution in [0.2, 0.25) is 0 Å². The van der Waals surface area contributed by atoms with Crippen molar-refractivity contribution in [3.63, 3.8) is 0 Å². The molecule has 0 atom stereocenters. The summed E-state index contributed by atoms with van der Waals surface area (Å²) in [6.07, 6.45) is 3.97. The Morgan fingerprint density at radius 3 is 2.18 bits per heavy atom. The number of hydrogen-bond acceptors (Lipinski definition) is 2. The fraction of sp³-hybridized carbons (Fsp3) is 0.933. The monoisotopic (exact) mass is 240 g/mol. The fourth-order valence-corrected chi connectivity index (χ4v) is 2.11. The van der Waals surface area contributed by atoms with Crippen LogP contribution in [0.15, 0.2) is 4.99 Å². The van der Waals surface area contributed by atoms with Crippen LogP contribution in [0.1, 0.15) is 68.6 Å². The molecule has 17 heavy (non-hydrogen) atoms. The van der Waals surface area contributed by atoms with Crippen molar-refractivity contribution in [3.05, 3.63) is 0 Å². The summed E-state index contributed by atoms with van der Waals surface area (Å²) in [5.74, 6) is 0.0485. The first-order valence-corrected chi connectivity index (χ1v) is 6.90. The molecule has 0 saturated heterocycles. The third-order valence-electron chi connectivity index (χ3n) is 3.23. The summed E-state index contributed by atoms with van der Waals surface area (Å²) in [4.78, 5) is 4.57. The third kappa shape index (κ3) is 5.10. The predicted molar refractivity (Wildman–Crippen MR) is 74.5 cm³/mol. The molecule has 0 aliphatic heterocycles.